The summed E-state index contributed by atoms with van der Waals surface area (Å²) in [6, 6.07) is 3.23. The molecule has 0 saturated carbocycles. The zero-order valence-corrected chi connectivity index (χ0v) is 8.98. The van der Waals surface area contributed by atoms with Crippen molar-refractivity contribution in [2.75, 3.05) is 14.2 Å². The summed E-state index contributed by atoms with van der Waals surface area (Å²) in [5, 5.41) is 9.41. The Balaban J connectivity index is 3.35. The molecule has 1 N–H and O–H groups in total. The smallest absolute Gasteiger partial charge is 0.171 e. The molecule has 1 rings (SSSR count). The minimum atomic E-state index is -0.650. The van der Waals surface area contributed by atoms with Gasteiger partial charge in [-0.25, -0.2) is 0 Å². The summed E-state index contributed by atoms with van der Waals surface area (Å²) < 4.78 is 10.1. The Morgan fingerprint density at radius 2 is 2.00 bits per heavy atom. The number of aliphatic hydroxyl groups excluding tert-OH is 1. The Hall–Kier alpha value is -1.55. The number of aldehydes is 1. The molecule has 1 aromatic carbocycles. The number of methoxy groups -OCH3 is 2. The Morgan fingerprint density at radius 3 is 2.40 bits per heavy atom. The first-order valence-electron chi connectivity index (χ1n) is 4.53. The van der Waals surface area contributed by atoms with E-state index in [-0.39, 0.29) is 0 Å². The Morgan fingerprint density at radius 1 is 1.33 bits per heavy atom. The predicted octanol–water partition coefficient (Wildman–Crippen LogP) is 1.57. The van der Waals surface area contributed by atoms with Gasteiger partial charge in [-0.2, -0.15) is 0 Å². The number of hydrogen-bond donors (Lipinski definition) is 1. The van der Waals surface area contributed by atoms with Crippen LogP contribution in [-0.2, 0) is 0 Å². The molecular weight excluding hydrogens is 196 g/mol. The van der Waals surface area contributed by atoms with E-state index in [1.165, 1.54) is 14.2 Å². The molecule has 0 saturated heterocycles. The lowest BCUT2D eigenvalue weighted by Crippen LogP contribution is -1.99. The molecule has 0 radical (unpaired) electrons. The second-order valence-electron chi connectivity index (χ2n) is 3.14. The van der Waals surface area contributed by atoms with Gasteiger partial charge in [0.2, 0.25) is 0 Å². The standard InChI is InChI=1S/C11H14O4/c1-7(13)8-4-9(6-12)11(15-3)10(5-8)14-2/h4-7,13H,1-3H3. The number of aliphatic hydroxyl groups is 1. The minimum Gasteiger partial charge on any atom is -0.493 e. The molecule has 4 nitrogen and oxygen atoms in total. The fraction of sp³-hybridized carbons (Fsp3) is 0.364. The number of carbonyl (C=O) groups excluding carboxylic acids is 1. The number of carbonyl (C=O) groups is 1. The van der Waals surface area contributed by atoms with Gasteiger partial charge in [0.25, 0.3) is 0 Å². The molecule has 82 valence electrons. The van der Waals surface area contributed by atoms with E-state index in [1.807, 2.05) is 0 Å². The lowest BCUT2D eigenvalue weighted by atomic mass is 10.1. The van der Waals surface area contributed by atoms with Crippen LogP contribution in [0.25, 0.3) is 0 Å². The normalized spacial score (nSPS) is 12.0. The second kappa shape index (κ2) is 4.79. The predicted molar refractivity (Wildman–Crippen MR) is 55.6 cm³/mol. The summed E-state index contributed by atoms with van der Waals surface area (Å²) in [6.45, 7) is 1.62. The first kappa shape index (κ1) is 11.5. The summed E-state index contributed by atoms with van der Waals surface area (Å²) in [5.41, 5.74) is 0.988. The van der Waals surface area contributed by atoms with Crippen molar-refractivity contribution in [1.82, 2.24) is 0 Å². The van der Waals surface area contributed by atoms with Crippen molar-refractivity contribution in [3.05, 3.63) is 23.3 Å². The Bertz CT molecular complexity index is 358. The van der Waals surface area contributed by atoms with E-state index >= 15 is 0 Å². The first-order valence-corrected chi connectivity index (χ1v) is 4.53. The third-order valence-corrected chi connectivity index (χ3v) is 2.14. The van der Waals surface area contributed by atoms with Crippen LogP contribution in [0, 0.1) is 0 Å². The number of hydrogen-bond acceptors (Lipinski definition) is 4. The molecule has 0 aliphatic carbocycles. The lowest BCUT2D eigenvalue weighted by Gasteiger charge is -2.13. The molecule has 0 heterocycles. The van der Waals surface area contributed by atoms with Crippen LogP contribution >= 0.6 is 0 Å². The maximum absolute atomic E-state index is 10.8. The fourth-order valence-corrected chi connectivity index (χ4v) is 1.34. The van der Waals surface area contributed by atoms with E-state index in [1.54, 1.807) is 19.1 Å². The van der Waals surface area contributed by atoms with Crippen molar-refractivity contribution in [1.29, 1.82) is 0 Å². The highest BCUT2D eigenvalue weighted by Gasteiger charge is 2.13. The molecule has 0 aliphatic heterocycles. The molecule has 1 atom stereocenters. The molecule has 0 aromatic heterocycles. The van der Waals surface area contributed by atoms with Crippen LogP contribution < -0.4 is 9.47 Å². The van der Waals surface area contributed by atoms with Crippen molar-refractivity contribution in [2.45, 2.75) is 13.0 Å². The van der Waals surface area contributed by atoms with Gasteiger partial charge in [-0.3, -0.25) is 4.79 Å². The summed E-state index contributed by atoms with van der Waals surface area (Å²) in [6.07, 6.45) is 0.0243. The Labute approximate surface area is 88.4 Å². The van der Waals surface area contributed by atoms with E-state index in [9.17, 15) is 9.90 Å². The van der Waals surface area contributed by atoms with Gasteiger partial charge in [-0.05, 0) is 24.6 Å². The van der Waals surface area contributed by atoms with Gasteiger partial charge in [0.1, 0.15) is 0 Å². The summed E-state index contributed by atoms with van der Waals surface area (Å²) in [7, 11) is 2.95. The van der Waals surface area contributed by atoms with Crippen LogP contribution in [0.4, 0.5) is 0 Å². The maximum atomic E-state index is 10.8. The third-order valence-electron chi connectivity index (χ3n) is 2.14. The van der Waals surface area contributed by atoms with E-state index in [2.05, 4.69) is 0 Å². The maximum Gasteiger partial charge on any atom is 0.171 e. The molecule has 1 unspecified atom stereocenters. The average molecular weight is 210 g/mol. The highest BCUT2D eigenvalue weighted by molar-refractivity contribution is 5.81. The quantitative estimate of drug-likeness (QED) is 0.766. The average Bonchev–Trinajstić information content (AvgIpc) is 2.26. The molecule has 4 heteroatoms. The molecule has 0 bridgehead atoms. The minimum absolute atomic E-state index is 0.368. The largest absolute Gasteiger partial charge is 0.493 e. The summed E-state index contributed by atoms with van der Waals surface area (Å²) >= 11 is 0. The lowest BCUT2D eigenvalue weighted by molar-refractivity contribution is 0.111. The monoisotopic (exact) mass is 210 g/mol. The number of rotatable bonds is 4. The Kier molecular flexibility index (Phi) is 3.68. The molecule has 0 aliphatic rings. The second-order valence-corrected chi connectivity index (χ2v) is 3.14. The van der Waals surface area contributed by atoms with Gasteiger partial charge in [0, 0.05) is 0 Å². The molecule has 0 amide bonds. The van der Waals surface area contributed by atoms with E-state index in [0.717, 1.165) is 0 Å². The van der Waals surface area contributed by atoms with E-state index < -0.39 is 6.10 Å². The molecule has 15 heavy (non-hydrogen) atoms. The topological polar surface area (TPSA) is 55.8 Å². The van der Waals surface area contributed by atoms with Crippen molar-refractivity contribution in [3.8, 4) is 11.5 Å². The van der Waals surface area contributed by atoms with Gasteiger partial charge >= 0.3 is 0 Å². The van der Waals surface area contributed by atoms with Gasteiger partial charge in [0.15, 0.2) is 17.8 Å². The zero-order valence-electron chi connectivity index (χ0n) is 8.98. The van der Waals surface area contributed by atoms with Crippen molar-refractivity contribution in [2.24, 2.45) is 0 Å². The van der Waals surface area contributed by atoms with Gasteiger partial charge in [-0.15, -0.1) is 0 Å². The van der Waals surface area contributed by atoms with Crippen LogP contribution in [0.1, 0.15) is 28.9 Å². The summed E-state index contributed by atoms with van der Waals surface area (Å²) in [4.78, 5) is 10.8. The van der Waals surface area contributed by atoms with Gasteiger partial charge in [0.05, 0.1) is 25.9 Å². The SMILES string of the molecule is COc1cc(C(C)O)cc(C=O)c1OC. The van der Waals surface area contributed by atoms with E-state index in [0.29, 0.717) is 28.9 Å². The van der Waals surface area contributed by atoms with Crippen LogP contribution in [0.15, 0.2) is 12.1 Å². The van der Waals surface area contributed by atoms with Crippen LogP contribution in [0.2, 0.25) is 0 Å². The van der Waals surface area contributed by atoms with E-state index in [4.69, 9.17) is 9.47 Å². The van der Waals surface area contributed by atoms with Gasteiger partial charge in [-0.1, -0.05) is 0 Å². The van der Waals surface area contributed by atoms with Crippen molar-refractivity contribution < 1.29 is 19.4 Å². The molecule has 0 fully saturated rings. The molecular formula is C11H14O4. The number of ether oxygens (including phenoxy) is 2. The van der Waals surface area contributed by atoms with Crippen molar-refractivity contribution in [3.63, 3.8) is 0 Å². The first-order chi connectivity index (χ1) is 7.13. The summed E-state index contributed by atoms with van der Waals surface area (Å²) in [5.74, 6) is 0.829. The van der Waals surface area contributed by atoms with Crippen LogP contribution in [-0.4, -0.2) is 25.6 Å². The third kappa shape index (κ3) is 2.27. The zero-order chi connectivity index (χ0) is 11.4. The molecule has 1 aromatic rings. The highest BCUT2D eigenvalue weighted by atomic mass is 16.5. The van der Waals surface area contributed by atoms with Crippen LogP contribution in [0.3, 0.4) is 0 Å². The van der Waals surface area contributed by atoms with Gasteiger partial charge < -0.3 is 14.6 Å². The molecule has 0 spiro atoms. The highest BCUT2D eigenvalue weighted by Crippen LogP contribution is 2.33. The van der Waals surface area contributed by atoms with Crippen LogP contribution in [0.5, 0.6) is 11.5 Å². The van der Waals surface area contributed by atoms with Crippen molar-refractivity contribution >= 4 is 6.29 Å². The fourth-order valence-electron chi connectivity index (χ4n) is 1.34. The number of benzene rings is 1.